The van der Waals surface area contributed by atoms with Crippen LogP contribution in [0, 0.1) is 0 Å². The van der Waals surface area contributed by atoms with E-state index in [1.54, 1.807) is 0 Å². The third kappa shape index (κ3) is 2.10. The van der Waals surface area contributed by atoms with Gasteiger partial charge in [0.2, 0.25) is 0 Å². The Balaban J connectivity index is 2.74. The van der Waals surface area contributed by atoms with E-state index >= 15 is 0 Å². The van der Waals surface area contributed by atoms with E-state index in [0.717, 1.165) is 17.7 Å². The third-order valence-corrected chi connectivity index (χ3v) is 1.79. The first-order chi connectivity index (χ1) is 5.74. The summed E-state index contributed by atoms with van der Waals surface area (Å²) in [6.45, 7) is 3.64. The third-order valence-electron chi connectivity index (χ3n) is 1.79. The number of nitrogen functional groups attached to an aromatic ring is 1. The summed E-state index contributed by atoms with van der Waals surface area (Å²) in [5.74, 6) is 0. The Hall–Kier alpha value is -1.28. The van der Waals surface area contributed by atoms with Crippen molar-refractivity contribution in [3.63, 3.8) is 0 Å². The minimum Gasteiger partial charge on any atom is -0.399 e. The molecule has 1 aromatic carbocycles. The first-order valence-electron chi connectivity index (χ1n) is 3.96. The maximum Gasteiger partial charge on any atom is 0.0329 e. The molecule has 64 valence electrons. The first kappa shape index (κ1) is 8.81. The summed E-state index contributed by atoms with van der Waals surface area (Å²) in [7, 11) is 0. The Morgan fingerprint density at radius 3 is 2.42 bits per heavy atom. The van der Waals surface area contributed by atoms with Crippen LogP contribution >= 0.6 is 0 Å². The van der Waals surface area contributed by atoms with Gasteiger partial charge in [0, 0.05) is 11.7 Å². The topological polar surface area (TPSA) is 52.0 Å². The fourth-order valence-electron chi connectivity index (χ4n) is 1.06. The van der Waals surface area contributed by atoms with Crippen LogP contribution in [0.15, 0.2) is 36.9 Å². The fourth-order valence-corrected chi connectivity index (χ4v) is 1.06. The van der Waals surface area contributed by atoms with Gasteiger partial charge in [-0.25, -0.2) is 0 Å². The van der Waals surface area contributed by atoms with Gasteiger partial charge in [-0.3, -0.25) is 0 Å². The normalized spacial score (nSPS) is 12.4. The summed E-state index contributed by atoms with van der Waals surface area (Å²) < 4.78 is 0. The average molecular weight is 162 g/mol. The number of benzene rings is 1. The Morgan fingerprint density at radius 1 is 1.33 bits per heavy atom. The predicted molar refractivity (Wildman–Crippen MR) is 52.6 cm³/mol. The van der Waals surface area contributed by atoms with Crippen molar-refractivity contribution in [1.82, 2.24) is 0 Å². The lowest BCUT2D eigenvalue weighted by atomic mass is 10.0. The molecule has 0 amide bonds. The van der Waals surface area contributed by atoms with E-state index in [4.69, 9.17) is 11.5 Å². The maximum atomic E-state index is 5.84. The summed E-state index contributed by atoms with van der Waals surface area (Å²) in [5, 5.41) is 0. The fraction of sp³-hybridized carbons (Fsp3) is 0.200. The Kier molecular flexibility index (Phi) is 2.88. The van der Waals surface area contributed by atoms with Crippen LogP contribution < -0.4 is 11.5 Å². The summed E-state index contributed by atoms with van der Waals surface area (Å²) >= 11 is 0. The maximum absolute atomic E-state index is 5.84. The van der Waals surface area contributed by atoms with Crippen molar-refractivity contribution in [2.24, 2.45) is 5.73 Å². The zero-order chi connectivity index (χ0) is 8.97. The molecule has 0 radical (unpaired) electrons. The van der Waals surface area contributed by atoms with Crippen LogP contribution in [0.25, 0.3) is 0 Å². The van der Waals surface area contributed by atoms with E-state index in [1.807, 2.05) is 30.3 Å². The van der Waals surface area contributed by atoms with Gasteiger partial charge in [0.15, 0.2) is 0 Å². The van der Waals surface area contributed by atoms with Gasteiger partial charge in [0.25, 0.3) is 0 Å². The Morgan fingerprint density at radius 2 is 1.92 bits per heavy atom. The van der Waals surface area contributed by atoms with Gasteiger partial charge in [-0.05, 0) is 24.1 Å². The van der Waals surface area contributed by atoms with Gasteiger partial charge in [0.1, 0.15) is 0 Å². The SMILES string of the molecule is C=CC[C@@H](N)c1ccc(N)cc1. The second-order valence-corrected chi connectivity index (χ2v) is 2.80. The number of hydrogen-bond donors (Lipinski definition) is 2. The van der Waals surface area contributed by atoms with Crippen LogP contribution in [0.2, 0.25) is 0 Å². The van der Waals surface area contributed by atoms with Gasteiger partial charge in [-0.1, -0.05) is 18.2 Å². The molecule has 1 rings (SSSR count). The van der Waals surface area contributed by atoms with Gasteiger partial charge in [0.05, 0.1) is 0 Å². The van der Waals surface area contributed by atoms with Gasteiger partial charge >= 0.3 is 0 Å². The highest BCUT2D eigenvalue weighted by Gasteiger charge is 2.01. The van der Waals surface area contributed by atoms with Gasteiger partial charge in [-0.15, -0.1) is 6.58 Å². The quantitative estimate of drug-likeness (QED) is 0.526. The lowest BCUT2D eigenvalue weighted by Gasteiger charge is -2.08. The number of nitrogens with two attached hydrogens (primary N) is 2. The van der Waals surface area contributed by atoms with Crippen LogP contribution in [0.5, 0.6) is 0 Å². The molecule has 0 spiro atoms. The molecule has 0 unspecified atom stereocenters. The highest BCUT2D eigenvalue weighted by molar-refractivity contribution is 5.40. The van der Waals surface area contributed by atoms with Crippen molar-refractivity contribution in [3.05, 3.63) is 42.5 Å². The highest BCUT2D eigenvalue weighted by Crippen LogP contribution is 2.15. The predicted octanol–water partition coefficient (Wildman–Crippen LogP) is 1.84. The summed E-state index contributed by atoms with van der Waals surface area (Å²) in [4.78, 5) is 0. The highest BCUT2D eigenvalue weighted by atomic mass is 14.6. The molecule has 2 heteroatoms. The second-order valence-electron chi connectivity index (χ2n) is 2.80. The van der Waals surface area contributed by atoms with Gasteiger partial charge < -0.3 is 11.5 Å². The zero-order valence-corrected chi connectivity index (χ0v) is 7.03. The second kappa shape index (κ2) is 3.93. The molecule has 1 atom stereocenters. The summed E-state index contributed by atoms with van der Waals surface area (Å²) in [6, 6.07) is 7.66. The number of anilines is 1. The molecule has 4 N–H and O–H groups in total. The van der Waals surface area contributed by atoms with Crippen LogP contribution in [-0.2, 0) is 0 Å². The van der Waals surface area contributed by atoms with E-state index in [2.05, 4.69) is 6.58 Å². The molecule has 0 heterocycles. The molecule has 0 fully saturated rings. The molecular weight excluding hydrogens is 148 g/mol. The van der Waals surface area contributed by atoms with Gasteiger partial charge in [-0.2, -0.15) is 0 Å². The molecule has 1 aromatic rings. The number of hydrogen-bond acceptors (Lipinski definition) is 2. The van der Waals surface area contributed by atoms with E-state index in [0.29, 0.717) is 0 Å². The van der Waals surface area contributed by atoms with E-state index < -0.39 is 0 Å². The molecule has 0 saturated heterocycles. The van der Waals surface area contributed by atoms with E-state index in [1.165, 1.54) is 0 Å². The van der Waals surface area contributed by atoms with Crippen LogP contribution in [0.4, 0.5) is 5.69 Å². The summed E-state index contributed by atoms with van der Waals surface area (Å²) in [5.41, 5.74) is 13.3. The minimum absolute atomic E-state index is 0.0445. The molecular formula is C10H14N2. The minimum atomic E-state index is 0.0445. The molecule has 0 aliphatic heterocycles. The van der Waals surface area contributed by atoms with E-state index in [9.17, 15) is 0 Å². The number of rotatable bonds is 3. The monoisotopic (exact) mass is 162 g/mol. The zero-order valence-electron chi connectivity index (χ0n) is 7.03. The van der Waals surface area contributed by atoms with E-state index in [-0.39, 0.29) is 6.04 Å². The van der Waals surface area contributed by atoms with Crippen molar-refractivity contribution >= 4 is 5.69 Å². The molecule has 0 aromatic heterocycles. The van der Waals surface area contributed by atoms with Crippen molar-refractivity contribution in [2.45, 2.75) is 12.5 Å². The Labute approximate surface area is 72.9 Å². The Bertz CT molecular complexity index is 251. The largest absolute Gasteiger partial charge is 0.399 e. The molecule has 12 heavy (non-hydrogen) atoms. The lowest BCUT2D eigenvalue weighted by Crippen LogP contribution is -2.08. The first-order valence-corrected chi connectivity index (χ1v) is 3.96. The molecule has 2 nitrogen and oxygen atoms in total. The molecule has 0 aliphatic rings. The van der Waals surface area contributed by atoms with Crippen LogP contribution in [0.3, 0.4) is 0 Å². The lowest BCUT2D eigenvalue weighted by molar-refractivity contribution is 0.742. The molecule has 0 aliphatic carbocycles. The van der Waals surface area contributed by atoms with Crippen LogP contribution in [0.1, 0.15) is 18.0 Å². The van der Waals surface area contributed by atoms with Crippen molar-refractivity contribution in [1.29, 1.82) is 0 Å². The van der Waals surface area contributed by atoms with Crippen molar-refractivity contribution in [3.8, 4) is 0 Å². The smallest absolute Gasteiger partial charge is 0.0329 e. The van der Waals surface area contributed by atoms with Crippen LogP contribution in [-0.4, -0.2) is 0 Å². The molecule has 0 saturated carbocycles. The molecule has 0 bridgehead atoms. The average Bonchev–Trinajstić information content (AvgIpc) is 2.06. The standard InChI is InChI=1S/C10H14N2/c1-2-3-10(12)8-4-6-9(11)7-5-8/h2,4-7,10H,1,3,11-12H2/t10-/m1/s1. The van der Waals surface area contributed by atoms with Crippen molar-refractivity contribution < 1.29 is 0 Å². The van der Waals surface area contributed by atoms with Crippen molar-refractivity contribution in [2.75, 3.05) is 5.73 Å². The summed E-state index contributed by atoms with van der Waals surface area (Å²) in [6.07, 6.45) is 2.62.